The third-order valence-electron chi connectivity index (χ3n) is 7.03. The molecule has 0 saturated carbocycles. The number of fused-ring (bicyclic) bond motifs is 2. The van der Waals surface area contributed by atoms with Crippen LogP contribution in [-0.2, 0) is 17.7 Å². The van der Waals surface area contributed by atoms with Crippen LogP contribution in [0.1, 0.15) is 38.2 Å². The number of esters is 1. The Morgan fingerprint density at radius 3 is 2.37 bits per heavy atom. The van der Waals surface area contributed by atoms with Crippen LogP contribution in [0.3, 0.4) is 0 Å². The van der Waals surface area contributed by atoms with Crippen LogP contribution in [-0.4, -0.2) is 34.0 Å². The van der Waals surface area contributed by atoms with Gasteiger partial charge in [0.2, 0.25) is 0 Å². The predicted octanol–water partition coefficient (Wildman–Crippen LogP) is 5.16. The molecule has 0 spiro atoms. The van der Waals surface area contributed by atoms with E-state index in [2.05, 4.69) is 0 Å². The van der Waals surface area contributed by atoms with Crippen LogP contribution in [0.5, 0.6) is 17.2 Å². The standard InChI is InChI=1S/C30H29NO7/c1-17-21-12-20-15-31(24-14-26(35-4)25(34-3)13-23(24)29(32)36-5)16-37-27(20)18(2)28(21)38-30(33)22(17)11-19-9-7-6-8-10-19/h6-10,12-14H,11,15-16H2,1-5H3. The van der Waals surface area contributed by atoms with Crippen molar-refractivity contribution in [1.82, 2.24) is 0 Å². The maximum absolute atomic E-state index is 13.0. The number of rotatable bonds is 6. The molecule has 1 aromatic heterocycles. The van der Waals surface area contributed by atoms with Crippen LogP contribution in [0, 0.1) is 13.8 Å². The van der Waals surface area contributed by atoms with Crippen LogP contribution >= 0.6 is 0 Å². The van der Waals surface area contributed by atoms with E-state index in [0.29, 0.717) is 52.6 Å². The highest BCUT2D eigenvalue weighted by Gasteiger charge is 2.28. The molecule has 0 N–H and O–H groups in total. The molecule has 0 unspecified atom stereocenters. The molecule has 0 aliphatic carbocycles. The lowest BCUT2D eigenvalue weighted by molar-refractivity contribution is 0.0600. The van der Waals surface area contributed by atoms with Gasteiger partial charge >= 0.3 is 11.6 Å². The Morgan fingerprint density at radius 1 is 0.974 bits per heavy atom. The minimum absolute atomic E-state index is 0.175. The molecule has 0 bridgehead atoms. The van der Waals surface area contributed by atoms with E-state index in [1.54, 1.807) is 19.2 Å². The second kappa shape index (κ2) is 10.1. The monoisotopic (exact) mass is 515 g/mol. The lowest BCUT2D eigenvalue weighted by Gasteiger charge is -2.33. The number of benzene rings is 3. The van der Waals surface area contributed by atoms with Gasteiger partial charge in [0.1, 0.15) is 11.3 Å². The van der Waals surface area contributed by atoms with Gasteiger partial charge in [-0.05, 0) is 31.0 Å². The molecule has 0 fully saturated rings. The number of methoxy groups -OCH3 is 3. The van der Waals surface area contributed by atoms with Crippen molar-refractivity contribution < 1.29 is 28.2 Å². The first kappa shape index (κ1) is 25.2. The lowest BCUT2D eigenvalue weighted by Crippen LogP contribution is -2.33. The zero-order valence-corrected chi connectivity index (χ0v) is 22.0. The molecule has 0 amide bonds. The van der Waals surface area contributed by atoms with Gasteiger partial charge in [0.25, 0.3) is 0 Å². The van der Waals surface area contributed by atoms with Crippen LogP contribution in [0.2, 0.25) is 0 Å². The van der Waals surface area contributed by atoms with Crippen LogP contribution in [0.25, 0.3) is 11.0 Å². The van der Waals surface area contributed by atoms with E-state index >= 15 is 0 Å². The highest BCUT2D eigenvalue weighted by molar-refractivity contribution is 5.97. The van der Waals surface area contributed by atoms with Crippen LogP contribution in [0.15, 0.2) is 57.7 Å². The quantitative estimate of drug-likeness (QED) is 0.257. The van der Waals surface area contributed by atoms with Crippen molar-refractivity contribution in [3.8, 4) is 17.2 Å². The lowest BCUT2D eigenvalue weighted by atomic mass is 9.96. The Bertz CT molecular complexity index is 1590. The first-order chi connectivity index (χ1) is 18.4. The molecule has 4 aromatic rings. The van der Waals surface area contributed by atoms with Crippen molar-refractivity contribution in [2.24, 2.45) is 0 Å². The fourth-order valence-electron chi connectivity index (χ4n) is 5.01. The number of hydrogen-bond donors (Lipinski definition) is 0. The highest BCUT2D eigenvalue weighted by atomic mass is 16.5. The van der Waals surface area contributed by atoms with Crippen molar-refractivity contribution in [2.75, 3.05) is 33.0 Å². The van der Waals surface area contributed by atoms with E-state index in [9.17, 15) is 9.59 Å². The molecule has 8 nitrogen and oxygen atoms in total. The Labute approximate surface area is 220 Å². The summed E-state index contributed by atoms with van der Waals surface area (Å²) in [5, 5.41) is 0.859. The molecule has 1 aliphatic heterocycles. The largest absolute Gasteiger partial charge is 0.493 e. The summed E-state index contributed by atoms with van der Waals surface area (Å²) in [5.74, 6) is 1.09. The van der Waals surface area contributed by atoms with Gasteiger partial charge in [0.15, 0.2) is 18.2 Å². The minimum Gasteiger partial charge on any atom is -0.493 e. The number of ether oxygens (including phenoxy) is 4. The van der Waals surface area contributed by atoms with Gasteiger partial charge in [-0.2, -0.15) is 0 Å². The summed E-state index contributed by atoms with van der Waals surface area (Å²) in [5.41, 5.74) is 5.34. The molecule has 0 saturated heterocycles. The highest BCUT2D eigenvalue weighted by Crippen LogP contribution is 2.41. The third kappa shape index (κ3) is 4.32. The molecule has 0 radical (unpaired) electrons. The summed E-state index contributed by atoms with van der Waals surface area (Å²) in [4.78, 5) is 27.6. The first-order valence-corrected chi connectivity index (χ1v) is 12.2. The summed E-state index contributed by atoms with van der Waals surface area (Å²) in [6.07, 6.45) is 0.484. The molecular weight excluding hydrogens is 486 g/mol. The first-order valence-electron chi connectivity index (χ1n) is 12.2. The number of nitrogens with zero attached hydrogens (tertiary/aromatic N) is 1. The average Bonchev–Trinajstić information content (AvgIpc) is 2.95. The Morgan fingerprint density at radius 2 is 1.68 bits per heavy atom. The fraction of sp³-hybridized carbons (Fsp3) is 0.267. The van der Waals surface area contributed by atoms with Crippen LogP contribution in [0.4, 0.5) is 5.69 Å². The maximum atomic E-state index is 13.0. The van der Waals surface area contributed by atoms with E-state index in [0.717, 1.165) is 27.6 Å². The SMILES string of the molecule is COC(=O)c1cc(OC)c(OC)cc1N1COc2c(cc3c(C)c(Cc4ccccc4)c(=O)oc3c2C)C1. The number of carbonyl (C=O) groups excluding carboxylic acids is 1. The zero-order valence-electron chi connectivity index (χ0n) is 22.0. The maximum Gasteiger partial charge on any atom is 0.340 e. The molecule has 38 heavy (non-hydrogen) atoms. The van der Waals surface area contributed by atoms with Crippen molar-refractivity contribution >= 4 is 22.6 Å². The Balaban J connectivity index is 1.60. The summed E-state index contributed by atoms with van der Waals surface area (Å²) in [6, 6.07) is 15.2. The number of hydrogen-bond acceptors (Lipinski definition) is 8. The summed E-state index contributed by atoms with van der Waals surface area (Å²) in [7, 11) is 4.39. The van der Waals surface area contributed by atoms with Gasteiger partial charge < -0.3 is 28.3 Å². The second-order valence-electron chi connectivity index (χ2n) is 9.21. The third-order valence-corrected chi connectivity index (χ3v) is 7.03. The summed E-state index contributed by atoms with van der Waals surface area (Å²) < 4.78 is 27.9. The number of aryl methyl sites for hydroxylation is 2. The van der Waals surface area contributed by atoms with Gasteiger partial charge in [-0.1, -0.05) is 30.3 Å². The van der Waals surface area contributed by atoms with Gasteiger partial charge in [-0.15, -0.1) is 0 Å². The molecule has 1 aliphatic rings. The number of anilines is 1. The Kier molecular flexibility index (Phi) is 6.72. The van der Waals surface area contributed by atoms with Gasteiger partial charge in [0.05, 0.1) is 32.6 Å². The van der Waals surface area contributed by atoms with Crippen molar-refractivity contribution in [3.05, 3.63) is 92.3 Å². The molecule has 0 atom stereocenters. The number of carbonyl (C=O) groups is 1. The normalized spacial score (nSPS) is 12.6. The van der Waals surface area contributed by atoms with E-state index in [-0.39, 0.29) is 12.4 Å². The van der Waals surface area contributed by atoms with E-state index < -0.39 is 5.97 Å². The smallest absolute Gasteiger partial charge is 0.340 e. The predicted molar refractivity (Wildman–Crippen MR) is 144 cm³/mol. The average molecular weight is 516 g/mol. The topological polar surface area (TPSA) is 87.4 Å². The molecule has 3 aromatic carbocycles. The molecule has 5 rings (SSSR count). The van der Waals surface area contributed by atoms with Gasteiger partial charge in [-0.25, -0.2) is 9.59 Å². The second-order valence-corrected chi connectivity index (χ2v) is 9.21. The van der Waals surface area contributed by atoms with Crippen LogP contribution < -0.4 is 24.7 Å². The molecule has 8 heteroatoms. The van der Waals surface area contributed by atoms with Crippen molar-refractivity contribution in [3.63, 3.8) is 0 Å². The van der Waals surface area contributed by atoms with Gasteiger partial charge in [-0.3, -0.25) is 0 Å². The van der Waals surface area contributed by atoms with E-state index in [4.69, 9.17) is 23.4 Å². The molecule has 196 valence electrons. The minimum atomic E-state index is -0.496. The molecular formula is C30H29NO7. The summed E-state index contributed by atoms with van der Waals surface area (Å²) in [6.45, 7) is 4.48. The molecule has 2 heterocycles. The van der Waals surface area contributed by atoms with Crippen molar-refractivity contribution in [1.29, 1.82) is 0 Å². The van der Waals surface area contributed by atoms with Crippen molar-refractivity contribution in [2.45, 2.75) is 26.8 Å². The zero-order chi connectivity index (χ0) is 27.0. The fourth-order valence-corrected chi connectivity index (χ4v) is 5.01. The van der Waals surface area contributed by atoms with E-state index in [1.165, 1.54) is 14.2 Å². The Hall–Kier alpha value is -4.46. The summed E-state index contributed by atoms with van der Waals surface area (Å²) >= 11 is 0. The van der Waals surface area contributed by atoms with Gasteiger partial charge in [0, 0.05) is 47.2 Å². The van der Waals surface area contributed by atoms with E-state index in [1.807, 2.05) is 55.1 Å².